The highest BCUT2D eigenvalue weighted by molar-refractivity contribution is 5.87. The van der Waals surface area contributed by atoms with E-state index in [9.17, 15) is 14.9 Å². The molecule has 1 heterocycles. The second kappa shape index (κ2) is 10.00. The minimum atomic E-state index is -0.524. The Balaban J connectivity index is 1.84. The number of carbonyl (C=O) groups excluding carboxylic acids is 1. The predicted molar refractivity (Wildman–Crippen MR) is 95.6 cm³/mol. The Kier molecular flexibility index (Phi) is 7.38. The maximum absolute atomic E-state index is 11.2. The van der Waals surface area contributed by atoms with Gasteiger partial charge in [-0.1, -0.05) is 6.07 Å². The molecule has 1 N–H and O–H groups in total. The van der Waals surface area contributed by atoms with Gasteiger partial charge in [0.05, 0.1) is 18.3 Å². The molecule has 0 amide bonds. The Morgan fingerprint density at radius 2 is 2.23 bits per heavy atom. The molecule has 0 radical (unpaired) electrons. The fourth-order valence-electron chi connectivity index (χ4n) is 2.15. The molecule has 0 aliphatic rings. The lowest BCUT2D eigenvalue weighted by molar-refractivity contribution is -0.384. The van der Waals surface area contributed by atoms with Crippen LogP contribution in [0.3, 0.4) is 0 Å². The van der Waals surface area contributed by atoms with E-state index in [1.807, 2.05) is 6.07 Å². The minimum Gasteiger partial charge on any atom is -0.467 e. The van der Waals surface area contributed by atoms with Gasteiger partial charge in [-0.25, -0.2) is 4.79 Å². The first-order valence-electron chi connectivity index (χ1n) is 7.98. The van der Waals surface area contributed by atoms with E-state index in [-0.39, 0.29) is 5.69 Å². The van der Waals surface area contributed by atoms with Crippen molar-refractivity contribution in [1.82, 2.24) is 0 Å². The zero-order valence-electron chi connectivity index (χ0n) is 14.3. The number of rotatable bonds is 10. The number of nitrogens with one attached hydrogen (secondary N) is 1. The molecule has 0 unspecified atom stereocenters. The van der Waals surface area contributed by atoms with E-state index in [1.54, 1.807) is 24.5 Å². The Morgan fingerprint density at radius 3 is 2.92 bits per heavy atom. The molecule has 8 nitrogen and oxygen atoms in total. The van der Waals surface area contributed by atoms with Crippen LogP contribution in [0.5, 0.6) is 0 Å². The van der Waals surface area contributed by atoms with E-state index in [0.29, 0.717) is 37.4 Å². The molecule has 0 spiro atoms. The smallest absolute Gasteiger partial charge is 0.330 e. The highest BCUT2D eigenvalue weighted by Gasteiger charge is 2.13. The van der Waals surface area contributed by atoms with Crippen molar-refractivity contribution < 1.29 is 23.6 Å². The third-order valence-corrected chi connectivity index (χ3v) is 3.44. The van der Waals surface area contributed by atoms with Crippen LogP contribution in [0, 0.1) is 10.1 Å². The third kappa shape index (κ3) is 6.06. The summed E-state index contributed by atoms with van der Waals surface area (Å²) in [5.74, 6) is 0.230. The van der Waals surface area contributed by atoms with Crippen molar-refractivity contribution in [3.8, 4) is 0 Å². The quantitative estimate of drug-likeness (QED) is 0.228. The molecule has 2 aromatic rings. The van der Waals surface area contributed by atoms with Crippen LogP contribution in [-0.2, 0) is 20.9 Å². The van der Waals surface area contributed by atoms with E-state index in [1.165, 1.54) is 25.3 Å². The molecule has 0 saturated carbocycles. The van der Waals surface area contributed by atoms with E-state index < -0.39 is 10.9 Å². The zero-order chi connectivity index (χ0) is 18.8. The highest BCUT2D eigenvalue weighted by atomic mass is 16.6. The number of nitro benzene ring substituents is 1. The van der Waals surface area contributed by atoms with Crippen molar-refractivity contribution in [1.29, 1.82) is 0 Å². The lowest BCUT2D eigenvalue weighted by atomic mass is 10.1. The minimum absolute atomic E-state index is 0.0616. The monoisotopic (exact) mass is 360 g/mol. The largest absolute Gasteiger partial charge is 0.467 e. The summed E-state index contributed by atoms with van der Waals surface area (Å²) in [5.41, 5.74) is 0.888. The summed E-state index contributed by atoms with van der Waals surface area (Å²) >= 11 is 0. The number of hydrogen-bond acceptors (Lipinski definition) is 7. The molecule has 1 aromatic carbocycles. The van der Waals surface area contributed by atoms with Gasteiger partial charge in [0, 0.05) is 25.3 Å². The number of hydrogen-bond donors (Lipinski definition) is 1. The standard InChI is InChI=1S/C18H20N2O6/c1-24-18(21)8-6-14-5-7-16(17(12-14)20(22)23)19-9-3-10-25-13-15-4-2-11-26-15/h2,4-8,11-12,19H,3,9-10,13H2,1H3. The molecule has 138 valence electrons. The molecular weight excluding hydrogens is 340 g/mol. The van der Waals surface area contributed by atoms with Gasteiger partial charge >= 0.3 is 5.97 Å². The fraction of sp³-hybridized carbons (Fsp3) is 0.278. The molecule has 0 aliphatic carbocycles. The van der Waals surface area contributed by atoms with Crippen molar-refractivity contribution >= 4 is 23.4 Å². The number of esters is 1. The van der Waals surface area contributed by atoms with Crippen LogP contribution in [0.4, 0.5) is 11.4 Å². The van der Waals surface area contributed by atoms with Gasteiger partial charge in [0.25, 0.3) is 5.69 Å². The van der Waals surface area contributed by atoms with Crippen LogP contribution in [0.25, 0.3) is 6.08 Å². The Morgan fingerprint density at radius 1 is 1.38 bits per heavy atom. The number of carbonyl (C=O) groups is 1. The number of nitrogens with zero attached hydrogens (tertiary/aromatic N) is 1. The Hall–Kier alpha value is -3.13. The average Bonchev–Trinajstić information content (AvgIpc) is 3.16. The average molecular weight is 360 g/mol. The van der Waals surface area contributed by atoms with E-state index in [2.05, 4.69) is 10.1 Å². The number of furan rings is 1. The summed E-state index contributed by atoms with van der Waals surface area (Å²) in [6.07, 6.45) is 4.94. The first kappa shape index (κ1) is 19.2. The molecule has 0 bridgehead atoms. The fourth-order valence-corrected chi connectivity index (χ4v) is 2.15. The van der Waals surface area contributed by atoms with Gasteiger partial charge in [-0.3, -0.25) is 10.1 Å². The first-order chi connectivity index (χ1) is 12.6. The van der Waals surface area contributed by atoms with E-state index in [0.717, 1.165) is 5.76 Å². The number of methoxy groups -OCH3 is 1. The molecule has 8 heteroatoms. The summed E-state index contributed by atoms with van der Waals surface area (Å²) in [6, 6.07) is 8.32. The normalized spacial score (nSPS) is 10.8. The van der Waals surface area contributed by atoms with Gasteiger partial charge < -0.3 is 19.2 Å². The van der Waals surface area contributed by atoms with Crippen molar-refractivity contribution in [3.63, 3.8) is 0 Å². The SMILES string of the molecule is COC(=O)C=Cc1ccc(NCCCOCc2ccco2)c([N+](=O)[O-])c1. The Labute approximate surface area is 150 Å². The van der Waals surface area contributed by atoms with E-state index in [4.69, 9.17) is 9.15 Å². The molecule has 0 saturated heterocycles. The van der Waals surface area contributed by atoms with Gasteiger partial charge in [0.15, 0.2) is 0 Å². The second-order valence-electron chi connectivity index (χ2n) is 5.30. The summed E-state index contributed by atoms with van der Waals surface area (Å²) in [7, 11) is 1.26. The Bertz CT molecular complexity index is 755. The van der Waals surface area contributed by atoms with E-state index >= 15 is 0 Å². The lowest BCUT2D eigenvalue weighted by Gasteiger charge is -2.08. The predicted octanol–water partition coefficient (Wildman–Crippen LogP) is 3.39. The van der Waals surface area contributed by atoms with Gasteiger partial charge in [0.2, 0.25) is 0 Å². The maximum atomic E-state index is 11.2. The molecular formula is C18H20N2O6. The maximum Gasteiger partial charge on any atom is 0.330 e. The van der Waals surface area contributed by atoms with Gasteiger partial charge in [-0.15, -0.1) is 0 Å². The van der Waals surface area contributed by atoms with Crippen LogP contribution in [0.15, 0.2) is 47.1 Å². The summed E-state index contributed by atoms with van der Waals surface area (Å²) < 4.78 is 15.1. The number of anilines is 1. The summed E-state index contributed by atoms with van der Waals surface area (Å²) in [5, 5.41) is 14.3. The lowest BCUT2D eigenvalue weighted by Crippen LogP contribution is -2.07. The van der Waals surface area contributed by atoms with Crippen molar-refractivity contribution in [2.75, 3.05) is 25.6 Å². The van der Waals surface area contributed by atoms with Gasteiger partial charge in [0.1, 0.15) is 18.1 Å². The van der Waals surface area contributed by atoms with Crippen LogP contribution >= 0.6 is 0 Å². The van der Waals surface area contributed by atoms with Crippen molar-refractivity contribution in [2.24, 2.45) is 0 Å². The first-order valence-corrected chi connectivity index (χ1v) is 7.98. The zero-order valence-corrected chi connectivity index (χ0v) is 14.3. The number of benzene rings is 1. The van der Waals surface area contributed by atoms with Gasteiger partial charge in [-0.05, 0) is 36.3 Å². The van der Waals surface area contributed by atoms with Crippen LogP contribution < -0.4 is 5.32 Å². The number of ether oxygens (including phenoxy) is 2. The van der Waals surface area contributed by atoms with Crippen LogP contribution in [0.2, 0.25) is 0 Å². The molecule has 1 aromatic heterocycles. The molecule has 0 aliphatic heterocycles. The summed E-state index contributed by atoms with van der Waals surface area (Å²) in [4.78, 5) is 21.9. The summed E-state index contributed by atoms with van der Waals surface area (Å²) in [6.45, 7) is 1.42. The second-order valence-corrected chi connectivity index (χ2v) is 5.30. The van der Waals surface area contributed by atoms with Crippen molar-refractivity contribution in [2.45, 2.75) is 13.0 Å². The number of nitro groups is 1. The van der Waals surface area contributed by atoms with Gasteiger partial charge in [-0.2, -0.15) is 0 Å². The van der Waals surface area contributed by atoms with Crippen LogP contribution in [0.1, 0.15) is 17.7 Å². The van der Waals surface area contributed by atoms with Crippen LogP contribution in [-0.4, -0.2) is 31.2 Å². The molecule has 2 rings (SSSR count). The molecule has 0 atom stereocenters. The molecule has 0 fully saturated rings. The van der Waals surface area contributed by atoms with Crippen molar-refractivity contribution in [3.05, 3.63) is 64.1 Å². The third-order valence-electron chi connectivity index (χ3n) is 3.44. The topological polar surface area (TPSA) is 104 Å². The molecule has 26 heavy (non-hydrogen) atoms. The highest BCUT2D eigenvalue weighted by Crippen LogP contribution is 2.26.